The summed E-state index contributed by atoms with van der Waals surface area (Å²) < 4.78 is 5.85. The zero-order valence-electron chi connectivity index (χ0n) is 8.34. The molecule has 1 saturated heterocycles. The Labute approximate surface area is 86.8 Å². The fraction of sp³-hybridized carbons (Fsp3) is 1.00. The average Bonchev–Trinajstić information content (AvgIpc) is 2.55. The van der Waals surface area contributed by atoms with Gasteiger partial charge in [-0.25, -0.2) is 0 Å². The Morgan fingerprint density at radius 2 is 1.92 bits per heavy atom. The molecule has 0 aromatic rings. The zero-order valence-corrected chi connectivity index (χ0v) is 9.16. The van der Waals surface area contributed by atoms with Gasteiger partial charge in [0.1, 0.15) is 0 Å². The highest BCUT2D eigenvalue weighted by Crippen LogP contribution is 2.39. The zero-order chi connectivity index (χ0) is 8.44. The Morgan fingerprint density at radius 3 is 2.38 bits per heavy atom. The van der Waals surface area contributed by atoms with Gasteiger partial charge in [-0.05, 0) is 45.6 Å². The Bertz CT molecular complexity index is 147. The molecule has 1 aliphatic carbocycles. The smallest absolute Gasteiger partial charge is 0.0684 e. The Hall–Kier alpha value is 0.210. The minimum Gasteiger partial charge on any atom is -0.375 e. The SMILES string of the molecule is CNC1CCC2(CCCO2)CC1.Cl. The van der Waals surface area contributed by atoms with Crippen molar-refractivity contribution >= 4 is 12.4 Å². The first kappa shape index (κ1) is 11.3. The third-order valence-electron chi connectivity index (χ3n) is 3.49. The van der Waals surface area contributed by atoms with E-state index in [-0.39, 0.29) is 12.4 Å². The first-order valence-corrected chi connectivity index (χ1v) is 5.16. The summed E-state index contributed by atoms with van der Waals surface area (Å²) in [6, 6.07) is 0.750. The van der Waals surface area contributed by atoms with Crippen LogP contribution < -0.4 is 5.32 Å². The third kappa shape index (κ3) is 2.36. The van der Waals surface area contributed by atoms with Crippen molar-refractivity contribution in [2.75, 3.05) is 13.7 Å². The molecule has 2 aliphatic rings. The molecule has 1 heterocycles. The molecule has 0 aromatic heterocycles. The van der Waals surface area contributed by atoms with Crippen LogP contribution in [0.2, 0.25) is 0 Å². The molecule has 0 unspecified atom stereocenters. The highest BCUT2D eigenvalue weighted by Gasteiger charge is 2.38. The molecule has 0 radical (unpaired) electrons. The van der Waals surface area contributed by atoms with E-state index in [0.717, 1.165) is 12.6 Å². The van der Waals surface area contributed by atoms with Crippen molar-refractivity contribution in [2.45, 2.75) is 50.2 Å². The van der Waals surface area contributed by atoms with E-state index in [1.54, 1.807) is 0 Å². The summed E-state index contributed by atoms with van der Waals surface area (Å²) >= 11 is 0. The van der Waals surface area contributed by atoms with Gasteiger partial charge in [0, 0.05) is 12.6 Å². The van der Waals surface area contributed by atoms with Crippen molar-refractivity contribution in [3.63, 3.8) is 0 Å². The molecule has 1 aliphatic heterocycles. The van der Waals surface area contributed by atoms with Crippen molar-refractivity contribution in [3.8, 4) is 0 Å². The molecule has 1 spiro atoms. The second-order valence-electron chi connectivity index (χ2n) is 4.20. The first-order chi connectivity index (χ1) is 5.85. The Balaban J connectivity index is 0.000000845. The van der Waals surface area contributed by atoms with Crippen LogP contribution in [0.1, 0.15) is 38.5 Å². The molecule has 0 aromatic carbocycles. The second-order valence-corrected chi connectivity index (χ2v) is 4.20. The highest BCUT2D eigenvalue weighted by atomic mass is 35.5. The van der Waals surface area contributed by atoms with Gasteiger partial charge in [0.15, 0.2) is 0 Å². The van der Waals surface area contributed by atoms with Crippen molar-refractivity contribution in [1.29, 1.82) is 0 Å². The van der Waals surface area contributed by atoms with Crippen LogP contribution in [0.3, 0.4) is 0 Å². The van der Waals surface area contributed by atoms with E-state index in [0.29, 0.717) is 5.60 Å². The third-order valence-corrected chi connectivity index (χ3v) is 3.49. The van der Waals surface area contributed by atoms with E-state index in [1.165, 1.54) is 38.5 Å². The number of nitrogens with one attached hydrogen (secondary N) is 1. The topological polar surface area (TPSA) is 21.3 Å². The summed E-state index contributed by atoms with van der Waals surface area (Å²) in [5.74, 6) is 0. The summed E-state index contributed by atoms with van der Waals surface area (Å²) in [4.78, 5) is 0. The van der Waals surface area contributed by atoms with Crippen LogP contribution in [0.15, 0.2) is 0 Å². The van der Waals surface area contributed by atoms with Gasteiger partial charge in [-0.1, -0.05) is 0 Å². The molecule has 0 amide bonds. The van der Waals surface area contributed by atoms with Crippen LogP contribution in [-0.2, 0) is 4.74 Å². The number of hydrogen-bond donors (Lipinski definition) is 1. The predicted molar refractivity (Wildman–Crippen MR) is 56.5 cm³/mol. The molecule has 2 nitrogen and oxygen atoms in total. The Kier molecular flexibility index (Phi) is 4.02. The monoisotopic (exact) mass is 205 g/mol. The predicted octanol–water partition coefficient (Wildman–Crippen LogP) is 2.12. The largest absolute Gasteiger partial charge is 0.375 e. The molecule has 1 N–H and O–H groups in total. The molecule has 3 heteroatoms. The van der Waals surface area contributed by atoms with Crippen LogP contribution in [0.5, 0.6) is 0 Å². The maximum absolute atomic E-state index is 5.85. The summed E-state index contributed by atoms with van der Waals surface area (Å²) in [5, 5.41) is 3.35. The van der Waals surface area contributed by atoms with E-state index >= 15 is 0 Å². The van der Waals surface area contributed by atoms with Crippen molar-refractivity contribution in [1.82, 2.24) is 5.32 Å². The van der Waals surface area contributed by atoms with E-state index in [1.807, 2.05) is 0 Å². The van der Waals surface area contributed by atoms with Gasteiger partial charge in [-0.3, -0.25) is 0 Å². The van der Waals surface area contributed by atoms with Crippen LogP contribution >= 0.6 is 12.4 Å². The van der Waals surface area contributed by atoms with Gasteiger partial charge in [-0.2, -0.15) is 0 Å². The van der Waals surface area contributed by atoms with Gasteiger partial charge in [0.25, 0.3) is 0 Å². The van der Waals surface area contributed by atoms with Crippen LogP contribution in [0.25, 0.3) is 0 Å². The molecule has 0 atom stereocenters. The highest BCUT2D eigenvalue weighted by molar-refractivity contribution is 5.85. The van der Waals surface area contributed by atoms with Gasteiger partial charge >= 0.3 is 0 Å². The van der Waals surface area contributed by atoms with E-state index in [9.17, 15) is 0 Å². The summed E-state index contributed by atoms with van der Waals surface area (Å²) in [6.45, 7) is 1.00. The first-order valence-electron chi connectivity index (χ1n) is 5.16. The summed E-state index contributed by atoms with van der Waals surface area (Å²) in [7, 11) is 2.07. The van der Waals surface area contributed by atoms with Gasteiger partial charge in [-0.15, -0.1) is 12.4 Å². The van der Waals surface area contributed by atoms with Crippen molar-refractivity contribution in [2.24, 2.45) is 0 Å². The van der Waals surface area contributed by atoms with Gasteiger partial charge in [0.05, 0.1) is 5.60 Å². The normalized spacial score (nSPS) is 39.0. The summed E-state index contributed by atoms with van der Waals surface area (Å²) in [5.41, 5.74) is 0.313. The number of rotatable bonds is 1. The quantitative estimate of drug-likeness (QED) is 0.708. The molecule has 78 valence electrons. The molecule has 0 bridgehead atoms. The maximum atomic E-state index is 5.85. The van der Waals surface area contributed by atoms with Gasteiger partial charge < -0.3 is 10.1 Å². The molecular formula is C10H20ClNO. The lowest BCUT2D eigenvalue weighted by molar-refractivity contribution is -0.0295. The lowest BCUT2D eigenvalue weighted by atomic mass is 9.80. The van der Waals surface area contributed by atoms with Crippen LogP contribution in [0.4, 0.5) is 0 Å². The molecule has 1 saturated carbocycles. The average molecular weight is 206 g/mol. The van der Waals surface area contributed by atoms with E-state index in [4.69, 9.17) is 4.74 Å². The maximum Gasteiger partial charge on any atom is 0.0684 e. The second kappa shape index (κ2) is 4.63. The van der Waals surface area contributed by atoms with Crippen LogP contribution in [0, 0.1) is 0 Å². The molecule has 2 fully saturated rings. The van der Waals surface area contributed by atoms with Gasteiger partial charge in [0.2, 0.25) is 0 Å². The van der Waals surface area contributed by atoms with Crippen LogP contribution in [-0.4, -0.2) is 25.3 Å². The molecule has 13 heavy (non-hydrogen) atoms. The Morgan fingerprint density at radius 1 is 1.23 bits per heavy atom. The fourth-order valence-corrected chi connectivity index (χ4v) is 2.58. The number of hydrogen-bond acceptors (Lipinski definition) is 2. The van der Waals surface area contributed by atoms with Crippen molar-refractivity contribution in [3.05, 3.63) is 0 Å². The van der Waals surface area contributed by atoms with E-state index < -0.39 is 0 Å². The molecule has 2 rings (SSSR count). The lowest BCUT2D eigenvalue weighted by Crippen LogP contribution is -2.39. The standard InChI is InChI=1S/C10H19NO.ClH/c1-11-9-3-6-10(7-4-9)5-2-8-12-10;/h9,11H,2-8H2,1H3;1H. The number of ether oxygens (including phenoxy) is 1. The van der Waals surface area contributed by atoms with Crippen molar-refractivity contribution < 1.29 is 4.74 Å². The molecular weight excluding hydrogens is 186 g/mol. The summed E-state index contributed by atoms with van der Waals surface area (Å²) in [6.07, 6.45) is 7.75. The minimum absolute atomic E-state index is 0. The lowest BCUT2D eigenvalue weighted by Gasteiger charge is -2.36. The minimum atomic E-state index is 0. The number of halogens is 1. The fourth-order valence-electron chi connectivity index (χ4n) is 2.58. The van der Waals surface area contributed by atoms with E-state index in [2.05, 4.69) is 12.4 Å².